The van der Waals surface area contributed by atoms with Gasteiger partial charge in [-0.3, -0.25) is 0 Å². The SMILES string of the molecule is CCCN(c1ccc(CBr)cc1C(F)(F)F)C1CC1. The summed E-state index contributed by atoms with van der Waals surface area (Å²) in [4.78, 5) is 1.92. The van der Waals surface area contributed by atoms with E-state index in [1.807, 2.05) is 11.8 Å². The molecule has 1 aromatic rings. The van der Waals surface area contributed by atoms with E-state index in [9.17, 15) is 13.2 Å². The standard InChI is InChI=1S/C14H17BrF3N/c1-2-7-19(11-4-5-11)13-6-3-10(9-15)8-12(13)14(16,17)18/h3,6,8,11H,2,4-5,7,9H2,1H3. The van der Waals surface area contributed by atoms with Crippen molar-refractivity contribution in [1.82, 2.24) is 0 Å². The number of halogens is 4. The smallest absolute Gasteiger partial charge is 0.368 e. The van der Waals surface area contributed by atoms with Crippen molar-refractivity contribution in [3.05, 3.63) is 29.3 Å². The molecule has 1 fully saturated rings. The van der Waals surface area contributed by atoms with Crippen molar-refractivity contribution >= 4 is 21.6 Å². The summed E-state index contributed by atoms with van der Waals surface area (Å²) in [6.45, 7) is 2.68. The van der Waals surface area contributed by atoms with Gasteiger partial charge in [-0.25, -0.2) is 0 Å². The summed E-state index contributed by atoms with van der Waals surface area (Å²) in [5.74, 6) is 0. The van der Waals surface area contributed by atoms with Crippen molar-refractivity contribution in [2.45, 2.75) is 43.7 Å². The van der Waals surface area contributed by atoms with Crippen molar-refractivity contribution in [2.75, 3.05) is 11.4 Å². The van der Waals surface area contributed by atoms with Gasteiger partial charge in [-0.15, -0.1) is 0 Å². The summed E-state index contributed by atoms with van der Waals surface area (Å²) in [5.41, 5.74) is 0.481. The fraction of sp³-hybridized carbons (Fsp3) is 0.571. The molecule has 1 aliphatic carbocycles. The largest absolute Gasteiger partial charge is 0.418 e. The van der Waals surface area contributed by atoms with Crippen molar-refractivity contribution in [2.24, 2.45) is 0 Å². The Hall–Kier alpha value is -0.710. The lowest BCUT2D eigenvalue weighted by molar-refractivity contribution is -0.137. The first-order valence-corrected chi connectivity index (χ1v) is 7.62. The van der Waals surface area contributed by atoms with Gasteiger partial charge in [-0.05, 0) is 37.0 Å². The first-order valence-electron chi connectivity index (χ1n) is 6.50. The molecule has 1 aromatic carbocycles. The number of nitrogens with zero attached hydrogens (tertiary/aromatic N) is 1. The fourth-order valence-electron chi connectivity index (χ4n) is 2.27. The van der Waals surface area contributed by atoms with Gasteiger partial charge in [0.15, 0.2) is 0 Å². The molecule has 2 rings (SSSR count). The lowest BCUT2D eigenvalue weighted by atomic mass is 10.1. The fourth-order valence-corrected chi connectivity index (χ4v) is 2.62. The highest BCUT2D eigenvalue weighted by Crippen LogP contribution is 2.41. The highest BCUT2D eigenvalue weighted by molar-refractivity contribution is 9.08. The first-order chi connectivity index (χ1) is 8.97. The van der Waals surface area contributed by atoms with E-state index in [1.165, 1.54) is 6.07 Å². The number of anilines is 1. The van der Waals surface area contributed by atoms with Crippen LogP contribution in [0.4, 0.5) is 18.9 Å². The molecule has 0 atom stereocenters. The van der Waals surface area contributed by atoms with Gasteiger partial charge < -0.3 is 4.90 Å². The van der Waals surface area contributed by atoms with E-state index in [4.69, 9.17) is 0 Å². The van der Waals surface area contributed by atoms with E-state index < -0.39 is 11.7 Å². The minimum atomic E-state index is -4.30. The normalized spacial score (nSPS) is 15.6. The van der Waals surface area contributed by atoms with E-state index >= 15 is 0 Å². The van der Waals surface area contributed by atoms with Gasteiger partial charge >= 0.3 is 6.18 Å². The van der Waals surface area contributed by atoms with Crippen LogP contribution >= 0.6 is 15.9 Å². The molecule has 0 unspecified atom stereocenters. The summed E-state index contributed by atoms with van der Waals surface area (Å²) in [6.07, 6.45) is -1.45. The van der Waals surface area contributed by atoms with Gasteiger partial charge in [0.1, 0.15) is 0 Å². The van der Waals surface area contributed by atoms with Gasteiger partial charge in [0.25, 0.3) is 0 Å². The third-order valence-electron chi connectivity index (χ3n) is 3.28. The van der Waals surface area contributed by atoms with Gasteiger partial charge in [-0.1, -0.05) is 28.9 Å². The molecule has 0 spiro atoms. The summed E-state index contributed by atoms with van der Waals surface area (Å²) < 4.78 is 39.6. The van der Waals surface area contributed by atoms with Crippen LogP contribution in [0.5, 0.6) is 0 Å². The Kier molecular flexibility index (Phi) is 4.43. The van der Waals surface area contributed by atoms with Crippen LogP contribution in [0.3, 0.4) is 0 Å². The van der Waals surface area contributed by atoms with Crippen molar-refractivity contribution in [3.63, 3.8) is 0 Å². The second-order valence-electron chi connectivity index (χ2n) is 4.91. The molecule has 5 heteroatoms. The third kappa shape index (κ3) is 3.44. The first kappa shape index (κ1) is 14.7. The molecule has 0 amide bonds. The van der Waals surface area contributed by atoms with E-state index in [-0.39, 0.29) is 6.04 Å². The Morgan fingerprint density at radius 2 is 2.00 bits per heavy atom. The van der Waals surface area contributed by atoms with Crippen molar-refractivity contribution in [1.29, 1.82) is 0 Å². The van der Waals surface area contributed by atoms with Crippen LogP contribution in [0.15, 0.2) is 18.2 Å². The maximum atomic E-state index is 13.2. The van der Waals surface area contributed by atoms with E-state index in [1.54, 1.807) is 12.1 Å². The van der Waals surface area contributed by atoms with Crippen LogP contribution in [0.25, 0.3) is 0 Å². The van der Waals surface area contributed by atoms with Crippen molar-refractivity contribution < 1.29 is 13.2 Å². The lowest BCUT2D eigenvalue weighted by Gasteiger charge is -2.27. The summed E-state index contributed by atoms with van der Waals surface area (Å²) >= 11 is 3.21. The summed E-state index contributed by atoms with van der Waals surface area (Å²) in [7, 11) is 0. The molecule has 1 nitrogen and oxygen atoms in total. The Labute approximate surface area is 119 Å². The van der Waals surface area contributed by atoms with Crippen LogP contribution in [0.1, 0.15) is 37.3 Å². The number of alkyl halides is 4. The molecule has 1 aliphatic rings. The Morgan fingerprint density at radius 3 is 2.47 bits per heavy atom. The van der Waals surface area contributed by atoms with Crippen LogP contribution in [-0.2, 0) is 11.5 Å². The molecule has 0 bridgehead atoms. The van der Waals surface area contributed by atoms with Gasteiger partial charge in [0.2, 0.25) is 0 Å². The van der Waals surface area contributed by atoms with Gasteiger partial charge in [-0.2, -0.15) is 13.2 Å². The molecule has 0 heterocycles. The van der Waals surface area contributed by atoms with Crippen molar-refractivity contribution in [3.8, 4) is 0 Å². The average Bonchev–Trinajstić information content (AvgIpc) is 3.18. The number of hydrogen-bond acceptors (Lipinski definition) is 1. The molecule has 19 heavy (non-hydrogen) atoms. The maximum absolute atomic E-state index is 13.2. The Balaban J connectivity index is 2.42. The topological polar surface area (TPSA) is 3.24 Å². The summed E-state index contributed by atoms with van der Waals surface area (Å²) in [6, 6.07) is 4.93. The third-order valence-corrected chi connectivity index (χ3v) is 3.93. The zero-order valence-electron chi connectivity index (χ0n) is 10.8. The molecular weight excluding hydrogens is 319 g/mol. The maximum Gasteiger partial charge on any atom is 0.418 e. The highest BCUT2D eigenvalue weighted by atomic mass is 79.9. The molecule has 0 N–H and O–H groups in total. The predicted octanol–water partition coefficient (Wildman–Crippen LogP) is 4.98. The lowest BCUT2D eigenvalue weighted by Crippen LogP contribution is -2.29. The van der Waals surface area contributed by atoms with Gasteiger partial charge in [0, 0.05) is 23.6 Å². The van der Waals surface area contributed by atoms with E-state index in [2.05, 4.69) is 15.9 Å². The zero-order chi connectivity index (χ0) is 14.0. The quantitative estimate of drug-likeness (QED) is 0.686. The monoisotopic (exact) mass is 335 g/mol. The molecular formula is C14H17BrF3N. The number of rotatable bonds is 5. The van der Waals surface area contributed by atoms with Crippen LogP contribution < -0.4 is 4.90 Å². The van der Waals surface area contributed by atoms with Crippen LogP contribution in [0, 0.1) is 0 Å². The van der Waals surface area contributed by atoms with Crippen LogP contribution in [0.2, 0.25) is 0 Å². The molecule has 0 radical (unpaired) electrons. The predicted molar refractivity (Wildman–Crippen MR) is 74.7 cm³/mol. The summed E-state index contributed by atoms with van der Waals surface area (Å²) in [5, 5.41) is 0.438. The molecule has 106 valence electrons. The molecule has 1 saturated carbocycles. The molecule has 0 aromatic heterocycles. The highest BCUT2D eigenvalue weighted by Gasteiger charge is 2.38. The van der Waals surface area contributed by atoms with E-state index in [0.29, 0.717) is 23.1 Å². The molecule has 0 saturated heterocycles. The minimum absolute atomic E-state index is 0.288. The number of benzene rings is 1. The minimum Gasteiger partial charge on any atom is -0.368 e. The van der Waals surface area contributed by atoms with E-state index in [0.717, 1.165) is 19.3 Å². The Morgan fingerprint density at radius 1 is 1.32 bits per heavy atom. The zero-order valence-corrected chi connectivity index (χ0v) is 12.4. The Bertz CT molecular complexity index is 441. The average molecular weight is 336 g/mol. The van der Waals surface area contributed by atoms with Gasteiger partial charge in [0.05, 0.1) is 5.56 Å². The number of hydrogen-bond donors (Lipinski definition) is 0. The second kappa shape index (κ2) is 5.73. The molecule has 0 aliphatic heterocycles. The second-order valence-corrected chi connectivity index (χ2v) is 5.47. The van der Waals surface area contributed by atoms with Crippen LogP contribution in [-0.4, -0.2) is 12.6 Å².